The third kappa shape index (κ3) is 3.96. The summed E-state index contributed by atoms with van der Waals surface area (Å²) in [5.74, 6) is -0.796. The van der Waals surface area contributed by atoms with Gasteiger partial charge in [0.1, 0.15) is 4.90 Å². The number of fused-ring (bicyclic) bond motifs is 1. The molecule has 1 saturated heterocycles. The summed E-state index contributed by atoms with van der Waals surface area (Å²) < 4.78 is 31.0. The molecule has 1 fully saturated rings. The van der Waals surface area contributed by atoms with Crippen LogP contribution >= 0.6 is 12.4 Å². The number of likely N-dealkylation sites (tertiary alicyclic amines) is 1. The molecular weight excluding hydrogens is 394 g/mol. The maximum atomic E-state index is 12.8. The first-order valence-electron chi connectivity index (χ1n) is 8.56. The minimum absolute atomic E-state index is 0. The van der Waals surface area contributed by atoms with Gasteiger partial charge in [-0.25, -0.2) is 12.7 Å². The fourth-order valence-corrected chi connectivity index (χ4v) is 4.96. The summed E-state index contributed by atoms with van der Waals surface area (Å²) in [6.45, 7) is 1.29. The number of ether oxygens (including phenoxy) is 1. The normalized spacial score (nSPS) is 21.0. The summed E-state index contributed by atoms with van der Waals surface area (Å²) in [5.41, 5.74) is 0.384. The van der Waals surface area contributed by atoms with Crippen molar-refractivity contribution in [3.63, 3.8) is 0 Å². The van der Waals surface area contributed by atoms with Crippen LogP contribution in [0.4, 0.5) is 0 Å². The molecule has 0 aliphatic carbocycles. The molecule has 10 heteroatoms. The molecule has 8 nitrogen and oxygen atoms in total. The lowest BCUT2D eigenvalue weighted by Gasteiger charge is -2.32. The van der Waals surface area contributed by atoms with Crippen molar-refractivity contribution in [1.82, 2.24) is 14.5 Å². The van der Waals surface area contributed by atoms with Crippen LogP contribution < -0.4 is 5.32 Å². The predicted molar refractivity (Wildman–Crippen MR) is 102 cm³/mol. The second kappa shape index (κ2) is 8.55. The van der Waals surface area contributed by atoms with Gasteiger partial charge in [0.2, 0.25) is 0 Å². The molecule has 1 aromatic rings. The average molecular weight is 418 g/mol. The lowest BCUT2D eigenvalue weighted by molar-refractivity contribution is 0.0697. The lowest BCUT2D eigenvalue weighted by Crippen LogP contribution is -2.47. The Bertz CT molecular complexity index is 830. The zero-order valence-corrected chi connectivity index (χ0v) is 16.9. The van der Waals surface area contributed by atoms with Gasteiger partial charge >= 0.3 is 0 Å². The van der Waals surface area contributed by atoms with Gasteiger partial charge in [-0.15, -0.1) is 12.4 Å². The third-order valence-corrected chi connectivity index (χ3v) is 6.69. The van der Waals surface area contributed by atoms with Crippen LogP contribution in [-0.2, 0) is 14.8 Å². The molecule has 0 saturated carbocycles. The van der Waals surface area contributed by atoms with Crippen LogP contribution in [0.1, 0.15) is 33.6 Å². The Kier molecular flexibility index (Phi) is 6.85. The van der Waals surface area contributed by atoms with E-state index >= 15 is 0 Å². The second-order valence-corrected chi connectivity index (χ2v) is 8.30. The van der Waals surface area contributed by atoms with Crippen LogP contribution in [-0.4, -0.2) is 75.9 Å². The van der Waals surface area contributed by atoms with E-state index in [2.05, 4.69) is 5.32 Å². The summed E-state index contributed by atoms with van der Waals surface area (Å²) >= 11 is 0. The van der Waals surface area contributed by atoms with Gasteiger partial charge in [0.15, 0.2) is 0 Å². The van der Waals surface area contributed by atoms with Crippen LogP contribution in [0.15, 0.2) is 23.1 Å². The van der Waals surface area contributed by atoms with Crippen LogP contribution in [0, 0.1) is 0 Å². The molecule has 0 radical (unpaired) electrons. The van der Waals surface area contributed by atoms with Crippen molar-refractivity contribution < 1.29 is 22.7 Å². The molecule has 0 spiro atoms. The number of likely N-dealkylation sites (N-methyl/N-ethyl adjacent to an activating group) is 1. The van der Waals surface area contributed by atoms with E-state index in [1.54, 1.807) is 4.90 Å². The van der Waals surface area contributed by atoms with Crippen LogP contribution in [0.25, 0.3) is 0 Å². The summed E-state index contributed by atoms with van der Waals surface area (Å²) in [6.07, 6.45) is 1.89. The molecule has 150 valence electrons. The first-order chi connectivity index (χ1) is 12.4. The number of hydrogen-bond donors (Lipinski definition) is 1. The quantitative estimate of drug-likeness (QED) is 0.758. The SMILES string of the molecule is CNC1CCCN(C(=O)c2ccc3c(c2)S(=O)(=O)N(CCOC)C3=O)C1.Cl. The predicted octanol–water partition coefficient (Wildman–Crippen LogP) is 0.723. The smallest absolute Gasteiger partial charge is 0.269 e. The van der Waals surface area contributed by atoms with Crippen molar-refractivity contribution in [3.8, 4) is 0 Å². The van der Waals surface area contributed by atoms with Crippen LogP contribution in [0.3, 0.4) is 0 Å². The first-order valence-corrected chi connectivity index (χ1v) is 10.0. The zero-order chi connectivity index (χ0) is 18.9. The zero-order valence-electron chi connectivity index (χ0n) is 15.3. The number of amides is 2. The van der Waals surface area contributed by atoms with E-state index in [9.17, 15) is 18.0 Å². The summed E-state index contributed by atoms with van der Waals surface area (Å²) in [7, 11) is -0.649. The minimum Gasteiger partial charge on any atom is -0.383 e. The lowest BCUT2D eigenvalue weighted by atomic mass is 10.0. The fourth-order valence-electron chi connectivity index (χ4n) is 3.38. The van der Waals surface area contributed by atoms with Gasteiger partial charge in [-0.3, -0.25) is 9.59 Å². The Labute approximate surface area is 165 Å². The Morgan fingerprint density at radius 1 is 1.37 bits per heavy atom. The van der Waals surface area contributed by atoms with E-state index in [4.69, 9.17) is 4.74 Å². The number of hydrogen-bond acceptors (Lipinski definition) is 6. The highest BCUT2D eigenvalue weighted by Gasteiger charge is 2.41. The summed E-state index contributed by atoms with van der Waals surface area (Å²) in [5, 5.41) is 3.17. The molecular formula is C17H24ClN3O5S. The fraction of sp³-hybridized carbons (Fsp3) is 0.529. The first kappa shape index (κ1) is 21.6. The van der Waals surface area contributed by atoms with Crippen molar-refractivity contribution >= 4 is 34.2 Å². The number of piperidine rings is 1. The Hall–Kier alpha value is -1.68. The highest BCUT2D eigenvalue weighted by Crippen LogP contribution is 2.31. The highest BCUT2D eigenvalue weighted by atomic mass is 35.5. The standard InChI is InChI=1S/C17H23N3O5S.ClH/c1-18-13-4-3-7-19(11-13)16(21)12-5-6-14-15(10-12)26(23,24)20(17(14)22)8-9-25-2;/h5-6,10,13,18H,3-4,7-9,11H2,1-2H3;1H. The van der Waals surface area contributed by atoms with Crippen LogP contribution in [0.2, 0.25) is 0 Å². The number of nitrogens with zero attached hydrogens (tertiary/aromatic N) is 2. The molecule has 3 rings (SSSR count). The average Bonchev–Trinajstić information content (AvgIpc) is 2.85. The number of methoxy groups -OCH3 is 1. The minimum atomic E-state index is -3.95. The molecule has 1 atom stereocenters. The van der Waals surface area contributed by atoms with Gasteiger partial charge in [0, 0.05) is 31.8 Å². The van der Waals surface area contributed by atoms with Crippen molar-refractivity contribution in [2.24, 2.45) is 0 Å². The number of sulfonamides is 1. The molecule has 1 N–H and O–H groups in total. The van der Waals surface area contributed by atoms with Crippen molar-refractivity contribution in [3.05, 3.63) is 29.3 Å². The molecule has 1 aromatic carbocycles. The molecule has 0 aromatic heterocycles. The number of benzene rings is 1. The van der Waals surface area contributed by atoms with Crippen molar-refractivity contribution in [2.75, 3.05) is 40.4 Å². The van der Waals surface area contributed by atoms with Gasteiger partial charge in [-0.2, -0.15) is 0 Å². The molecule has 2 amide bonds. The maximum Gasteiger partial charge on any atom is 0.269 e. The number of halogens is 1. The molecule has 0 bridgehead atoms. The Balaban J connectivity index is 0.00000261. The number of rotatable bonds is 5. The van der Waals surface area contributed by atoms with E-state index in [1.165, 1.54) is 25.3 Å². The van der Waals surface area contributed by atoms with E-state index in [0.29, 0.717) is 13.1 Å². The second-order valence-electron chi connectivity index (χ2n) is 6.47. The van der Waals surface area contributed by atoms with Gasteiger partial charge in [-0.1, -0.05) is 0 Å². The maximum absolute atomic E-state index is 12.8. The Morgan fingerprint density at radius 3 is 2.78 bits per heavy atom. The number of carbonyl (C=O) groups excluding carboxylic acids is 2. The molecule has 27 heavy (non-hydrogen) atoms. The molecule has 2 heterocycles. The van der Waals surface area contributed by atoms with E-state index in [1.807, 2.05) is 7.05 Å². The molecule has 1 unspecified atom stereocenters. The van der Waals surface area contributed by atoms with Crippen molar-refractivity contribution in [2.45, 2.75) is 23.8 Å². The van der Waals surface area contributed by atoms with Crippen molar-refractivity contribution in [1.29, 1.82) is 0 Å². The third-order valence-electron chi connectivity index (χ3n) is 4.87. The molecule has 2 aliphatic rings. The number of carbonyl (C=O) groups is 2. The number of nitrogens with one attached hydrogen (secondary N) is 1. The van der Waals surface area contributed by atoms with Gasteiger partial charge in [-0.05, 0) is 38.1 Å². The topological polar surface area (TPSA) is 96.0 Å². The summed E-state index contributed by atoms with van der Waals surface area (Å²) in [4.78, 5) is 26.8. The van der Waals surface area contributed by atoms with E-state index < -0.39 is 15.9 Å². The monoisotopic (exact) mass is 417 g/mol. The van der Waals surface area contributed by atoms with E-state index in [-0.39, 0.29) is 53.5 Å². The highest BCUT2D eigenvalue weighted by molar-refractivity contribution is 7.90. The summed E-state index contributed by atoms with van der Waals surface area (Å²) in [6, 6.07) is 4.50. The van der Waals surface area contributed by atoms with Gasteiger partial charge in [0.25, 0.3) is 21.8 Å². The van der Waals surface area contributed by atoms with Gasteiger partial charge in [0.05, 0.1) is 18.7 Å². The van der Waals surface area contributed by atoms with Gasteiger partial charge < -0.3 is 15.0 Å². The Morgan fingerprint density at radius 2 is 2.11 bits per heavy atom. The van der Waals surface area contributed by atoms with Crippen LogP contribution in [0.5, 0.6) is 0 Å². The molecule has 2 aliphatic heterocycles. The largest absolute Gasteiger partial charge is 0.383 e. The van der Waals surface area contributed by atoms with E-state index in [0.717, 1.165) is 17.1 Å².